The first kappa shape index (κ1) is 19.7. The molecular weight excluding hydrogens is 352 g/mol. The van der Waals surface area contributed by atoms with Crippen molar-refractivity contribution in [3.8, 4) is 0 Å². The maximum atomic E-state index is 12.3. The Morgan fingerprint density at radius 2 is 1.88 bits per heavy atom. The van der Waals surface area contributed by atoms with E-state index in [2.05, 4.69) is 12.2 Å². The number of carbonyl (C=O) groups excluding carboxylic acids is 3. The zero-order valence-corrected chi connectivity index (χ0v) is 15.8. The third-order valence-electron chi connectivity index (χ3n) is 3.83. The van der Waals surface area contributed by atoms with Gasteiger partial charge in [0.15, 0.2) is 6.10 Å². The second kappa shape index (κ2) is 8.62. The Kier molecular flexibility index (Phi) is 6.52. The van der Waals surface area contributed by atoms with Crippen molar-refractivity contribution in [2.45, 2.75) is 39.7 Å². The van der Waals surface area contributed by atoms with Crippen LogP contribution in [0.3, 0.4) is 0 Å². The molecule has 0 bridgehead atoms. The molecule has 0 saturated carbocycles. The number of nitrogens with one attached hydrogen (secondary N) is 1. The Balaban J connectivity index is 1.96. The van der Waals surface area contributed by atoms with Gasteiger partial charge in [0.05, 0.1) is 0 Å². The van der Waals surface area contributed by atoms with E-state index in [4.69, 9.17) is 10.5 Å². The van der Waals surface area contributed by atoms with Gasteiger partial charge in [0, 0.05) is 16.1 Å². The van der Waals surface area contributed by atoms with Crippen molar-refractivity contribution in [1.82, 2.24) is 0 Å². The van der Waals surface area contributed by atoms with Gasteiger partial charge in [-0.1, -0.05) is 13.3 Å². The molecule has 0 aliphatic rings. The number of hydrogen-bond donors (Lipinski definition) is 2. The standard InChI is InChI=1S/C19H22N2O4S/c1-4-5-14-10-16(26-12(14)3)19(24)25-11(2)18(23)21-15-8-6-13(7-9-15)17(20)22/h6-11H,4-5H2,1-3H3,(H2,20,22)(H,21,23). The third-order valence-corrected chi connectivity index (χ3v) is 4.90. The van der Waals surface area contributed by atoms with Gasteiger partial charge < -0.3 is 15.8 Å². The maximum absolute atomic E-state index is 12.3. The van der Waals surface area contributed by atoms with Gasteiger partial charge in [0.2, 0.25) is 5.91 Å². The number of rotatable bonds is 7. The van der Waals surface area contributed by atoms with Crippen molar-refractivity contribution in [3.05, 3.63) is 51.2 Å². The van der Waals surface area contributed by atoms with Crippen molar-refractivity contribution >= 4 is 34.8 Å². The van der Waals surface area contributed by atoms with Crippen molar-refractivity contribution in [2.24, 2.45) is 5.73 Å². The van der Waals surface area contributed by atoms with Crippen LogP contribution < -0.4 is 11.1 Å². The summed E-state index contributed by atoms with van der Waals surface area (Å²) in [6.07, 6.45) is 0.960. The summed E-state index contributed by atoms with van der Waals surface area (Å²) in [4.78, 5) is 37.1. The first-order valence-corrected chi connectivity index (χ1v) is 9.14. The first-order valence-electron chi connectivity index (χ1n) is 8.32. The van der Waals surface area contributed by atoms with Gasteiger partial charge in [0.25, 0.3) is 5.91 Å². The first-order chi connectivity index (χ1) is 12.3. The summed E-state index contributed by atoms with van der Waals surface area (Å²) >= 11 is 1.37. The number of thiophene rings is 1. The number of ether oxygens (including phenoxy) is 1. The molecule has 1 heterocycles. The van der Waals surface area contributed by atoms with Crippen LogP contribution in [0.25, 0.3) is 0 Å². The fourth-order valence-corrected chi connectivity index (χ4v) is 3.33. The van der Waals surface area contributed by atoms with Crippen LogP contribution in [0.2, 0.25) is 0 Å². The van der Waals surface area contributed by atoms with Crippen LogP contribution in [0.1, 0.15) is 50.7 Å². The summed E-state index contributed by atoms with van der Waals surface area (Å²) in [6, 6.07) is 7.98. The molecule has 0 saturated heterocycles. The van der Waals surface area contributed by atoms with Gasteiger partial charge in [-0.05, 0) is 56.2 Å². The molecule has 2 aromatic rings. The molecule has 3 N–H and O–H groups in total. The Bertz CT molecular complexity index is 811. The Hall–Kier alpha value is -2.67. The summed E-state index contributed by atoms with van der Waals surface area (Å²) in [7, 11) is 0. The second-order valence-electron chi connectivity index (χ2n) is 5.92. The number of benzene rings is 1. The zero-order chi connectivity index (χ0) is 19.3. The summed E-state index contributed by atoms with van der Waals surface area (Å²) in [5, 5.41) is 2.64. The number of esters is 1. The normalized spacial score (nSPS) is 11.7. The summed E-state index contributed by atoms with van der Waals surface area (Å²) in [5.74, 6) is -1.50. The summed E-state index contributed by atoms with van der Waals surface area (Å²) in [5.41, 5.74) is 7.14. The Morgan fingerprint density at radius 3 is 2.46 bits per heavy atom. The minimum absolute atomic E-state index is 0.346. The molecule has 0 spiro atoms. The van der Waals surface area contributed by atoms with E-state index in [0.717, 1.165) is 23.3 Å². The summed E-state index contributed by atoms with van der Waals surface area (Å²) < 4.78 is 5.26. The molecular formula is C19H22N2O4S. The molecule has 7 heteroatoms. The Morgan fingerprint density at radius 1 is 1.23 bits per heavy atom. The zero-order valence-electron chi connectivity index (χ0n) is 15.0. The van der Waals surface area contributed by atoms with Crippen LogP contribution in [0.15, 0.2) is 30.3 Å². The molecule has 0 radical (unpaired) electrons. The lowest BCUT2D eigenvalue weighted by Gasteiger charge is -2.13. The predicted octanol–water partition coefficient (Wildman–Crippen LogP) is 3.29. The molecule has 1 unspecified atom stereocenters. The van der Waals surface area contributed by atoms with Gasteiger partial charge in [-0.15, -0.1) is 11.3 Å². The number of primary amides is 1. The molecule has 6 nitrogen and oxygen atoms in total. The second-order valence-corrected chi connectivity index (χ2v) is 7.18. The number of amides is 2. The van der Waals surface area contributed by atoms with Crippen LogP contribution in [-0.2, 0) is 16.0 Å². The topological polar surface area (TPSA) is 98.5 Å². The van der Waals surface area contributed by atoms with E-state index in [-0.39, 0.29) is 0 Å². The van der Waals surface area contributed by atoms with E-state index < -0.39 is 23.9 Å². The number of aryl methyl sites for hydroxylation is 2. The number of anilines is 1. The van der Waals surface area contributed by atoms with Crippen LogP contribution in [-0.4, -0.2) is 23.9 Å². The molecule has 0 fully saturated rings. The van der Waals surface area contributed by atoms with Crippen LogP contribution in [0.5, 0.6) is 0 Å². The third kappa shape index (κ3) is 4.92. The van der Waals surface area contributed by atoms with Crippen molar-refractivity contribution < 1.29 is 19.1 Å². The van der Waals surface area contributed by atoms with Crippen LogP contribution in [0, 0.1) is 6.92 Å². The highest BCUT2D eigenvalue weighted by Gasteiger charge is 2.21. The lowest BCUT2D eigenvalue weighted by atomic mass is 10.1. The van der Waals surface area contributed by atoms with Gasteiger partial charge >= 0.3 is 5.97 Å². The lowest BCUT2D eigenvalue weighted by molar-refractivity contribution is -0.123. The van der Waals surface area contributed by atoms with E-state index in [1.165, 1.54) is 30.4 Å². The molecule has 1 aromatic heterocycles. The van der Waals surface area contributed by atoms with E-state index in [1.807, 2.05) is 13.0 Å². The minimum atomic E-state index is -0.949. The smallest absolute Gasteiger partial charge is 0.349 e. The highest BCUT2D eigenvalue weighted by molar-refractivity contribution is 7.14. The van der Waals surface area contributed by atoms with Crippen molar-refractivity contribution in [2.75, 3.05) is 5.32 Å². The quantitative estimate of drug-likeness (QED) is 0.727. The van der Waals surface area contributed by atoms with Gasteiger partial charge in [-0.25, -0.2) is 4.79 Å². The van der Waals surface area contributed by atoms with Gasteiger partial charge in [-0.2, -0.15) is 0 Å². The molecule has 0 aliphatic heterocycles. The fraction of sp³-hybridized carbons (Fsp3) is 0.316. The van der Waals surface area contributed by atoms with E-state index in [1.54, 1.807) is 12.1 Å². The Labute approximate surface area is 156 Å². The maximum Gasteiger partial charge on any atom is 0.349 e. The number of hydrogen-bond acceptors (Lipinski definition) is 5. The molecule has 1 atom stereocenters. The van der Waals surface area contributed by atoms with E-state index >= 15 is 0 Å². The minimum Gasteiger partial charge on any atom is -0.448 e. The molecule has 2 rings (SSSR count). The molecule has 1 aromatic carbocycles. The number of nitrogens with two attached hydrogens (primary N) is 1. The average Bonchev–Trinajstić information content (AvgIpc) is 2.96. The van der Waals surface area contributed by atoms with Crippen molar-refractivity contribution in [3.63, 3.8) is 0 Å². The van der Waals surface area contributed by atoms with E-state index in [0.29, 0.717) is 16.1 Å². The SMILES string of the molecule is CCCc1cc(C(=O)OC(C)C(=O)Nc2ccc(C(N)=O)cc2)sc1C. The highest BCUT2D eigenvalue weighted by atomic mass is 32.1. The molecule has 138 valence electrons. The predicted molar refractivity (Wildman–Crippen MR) is 102 cm³/mol. The number of carbonyl (C=O) groups is 3. The van der Waals surface area contributed by atoms with Gasteiger partial charge in [-0.3, -0.25) is 9.59 Å². The van der Waals surface area contributed by atoms with Crippen LogP contribution in [0.4, 0.5) is 5.69 Å². The molecule has 26 heavy (non-hydrogen) atoms. The highest BCUT2D eigenvalue weighted by Crippen LogP contribution is 2.24. The summed E-state index contributed by atoms with van der Waals surface area (Å²) in [6.45, 7) is 5.56. The fourth-order valence-electron chi connectivity index (χ4n) is 2.37. The van der Waals surface area contributed by atoms with E-state index in [9.17, 15) is 14.4 Å². The molecule has 0 aliphatic carbocycles. The largest absolute Gasteiger partial charge is 0.448 e. The lowest BCUT2D eigenvalue weighted by Crippen LogP contribution is -2.29. The van der Waals surface area contributed by atoms with Crippen LogP contribution >= 0.6 is 11.3 Å². The van der Waals surface area contributed by atoms with Gasteiger partial charge in [0.1, 0.15) is 4.88 Å². The monoisotopic (exact) mass is 374 g/mol. The molecule has 2 amide bonds. The average molecular weight is 374 g/mol. The van der Waals surface area contributed by atoms with Crippen molar-refractivity contribution in [1.29, 1.82) is 0 Å².